The summed E-state index contributed by atoms with van der Waals surface area (Å²) in [6.45, 7) is 5.83. The van der Waals surface area contributed by atoms with Gasteiger partial charge in [-0.15, -0.1) is 17.0 Å². The van der Waals surface area contributed by atoms with Crippen LogP contribution < -0.4 is 11.1 Å². The van der Waals surface area contributed by atoms with Crippen molar-refractivity contribution in [2.24, 2.45) is 5.73 Å². The molecule has 0 spiro atoms. The molecule has 33 heavy (non-hydrogen) atoms. The van der Waals surface area contributed by atoms with E-state index < -0.39 is 23.6 Å². The molecule has 0 heterocycles. The van der Waals surface area contributed by atoms with Gasteiger partial charge in [-0.1, -0.05) is 35.3 Å². The Balaban J connectivity index is 0.000000642. The maximum atomic E-state index is 11.4. The number of alkyl carbamates (subject to hydrolysis) is 1. The number of hydrogen-bond donors (Lipinski definition) is 3. The summed E-state index contributed by atoms with van der Waals surface area (Å²) in [4.78, 5) is 33.2. The Bertz CT molecular complexity index is 980. The second kappa shape index (κ2) is 14.0. The molecule has 11 heteroatoms. The molecule has 0 saturated carbocycles. The zero-order valence-electron chi connectivity index (χ0n) is 18.6. The van der Waals surface area contributed by atoms with Gasteiger partial charge >= 0.3 is 18.0 Å². The lowest BCUT2D eigenvalue weighted by Crippen LogP contribution is -2.32. The molecule has 0 aliphatic heterocycles. The SMILES string of the molecule is Br.CC(C)(C)OC(=O)NCc1ccc(C(=O)O)cc1Cl.COC(=O)c1ccc(CN)c(Cl)c1. The Morgan fingerprint density at radius 3 is 1.97 bits per heavy atom. The Morgan fingerprint density at radius 2 is 1.52 bits per heavy atom. The van der Waals surface area contributed by atoms with Gasteiger partial charge in [-0.2, -0.15) is 0 Å². The van der Waals surface area contributed by atoms with Crippen molar-refractivity contribution in [2.45, 2.75) is 39.5 Å². The van der Waals surface area contributed by atoms with E-state index in [-0.39, 0.29) is 34.1 Å². The van der Waals surface area contributed by atoms with Gasteiger partial charge in [0.05, 0.1) is 18.2 Å². The minimum absolute atomic E-state index is 0. The van der Waals surface area contributed by atoms with Crippen molar-refractivity contribution in [3.63, 3.8) is 0 Å². The topological polar surface area (TPSA) is 128 Å². The Labute approximate surface area is 213 Å². The summed E-state index contributed by atoms with van der Waals surface area (Å²) in [7, 11) is 1.33. The number of carbonyl (C=O) groups excluding carboxylic acids is 2. The van der Waals surface area contributed by atoms with Crippen molar-refractivity contribution in [2.75, 3.05) is 7.11 Å². The third kappa shape index (κ3) is 10.9. The summed E-state index contributed by atoms with van der Waals surface area (Å²) in [5.41, 5.74) is 6.81. The van der Waals surface area contributed by atoms with Crippen LogP contribution >= 0.6 is 40.2 Å². The maximum absolute atomic E-state index is 11.4. The van der Waals surface area contributed by atoms with Crippen LogP contribution in [-0.4, -0.2) is 35.8 Å². The fourth-order valence-corrected chi connectivity index (χ4v) is 2.77. The molecule has 0 radical (unpaired) electrons. The number of nitrogens with one attached hydrogen (secondary N) is 1. The summed E-state index contributed by atoms with van der Waals surface area (Å²) < 4.78 is 9.61. The number of esters is 1. The molecule has 0 aliphatic carbocycles. The highest BCUT2D eigenvalue weighted by atomic mass is 79.9. The van der Waals surface area contributed by atoms with Gasteiger partial charge in [0.15, 0.2) is 0 Å². The van der Waals surface area contributed by atoms with Crippen LogP contribution in [0.25, 0.3) is 0 Å². The highest BCUT2D eigenvalue weighted by molar-refractivity contribution is 8.93. The molecule has 4 N–H and O–H groups in total. The summed E-state index contributed by atoms with van der Waals surface area (Å²) in [5.74, 6) is -1.45. The normalized spacial score (nSPS) is 10.2. The van der Waals surface area contributed by atoms with Gasteiger partial charge < -0.3 is 25.6 Å². The number of rotatable bonds is 5. The van der Waals surface area contributed by atoms with E-state index in [0.29, 0.717) is 22.7 Å². The summed E-state index contributed by atoms with van der Waals surface area (Å²) in [6, 6.07) is 9.24. The van der Waals surface area contributed by atoms with E-state index in [4.69, 9.17) is 38.8 Å². The number of halogens is 3. The van der Waals surface area contributed by atoms with Crippen molar-refractivity contribution in [1.29, 1.82) is 0 Å². The minimum Gasteiger partial charge on any atom is -0.478 e. The average Bonchev–Trinajstić information content (AvgIpc) is 2.71. The third-order valence-electron chi connectivity index (χ3n) is 3.82. The van der Waals surface area contributed by atoms with Gasteiger partial charge in [-0.05, 0) is 56.2 Å². The molecule has 0 saturated heterocycles. The number of amides is 1. The number of carboxylic acid groups (broad SMARTS) is 1. The van der Waals surface area contributed by atoms with Gasteiger partial charge in [0.1, 0.15) is 5.60 Å². The van der Waals surface area contributed by atoms with Crippen LogP contribution in [0.15, 0.2) is 36.4 Å². The van der Waals surface area contributed by atoms with Gasteiger partial charge in [0.25, 0.3) is 0 Å². The second-order valence-electron chi connectivity index (χ2n) is 7.47. The zero-order valence-corrected chi connectivity index (χ0v) is 21.8. The van der Waals surface area contributed by atoms with Gasteiger partial charge in [-0.3, -0.25) is 0 Å². The van der Waals surface area contributed by atoms with Crippen molar-refractivity contribution >= 4 is 58.2 Å². The third-order valence-corrected chi connectivity index (χ3v) is 4.52. The van der Waals surface area contributed by atoms with E-state index in [0.717, 1.165) is 5.56 Å². The molecule has 0 unspecified atom stereocenters. The van der Waals surface area contributed by atoms with E-state index in [9.17, 15) is 14.4 Å². The molecule has 0 fully saturated rings. The van der Waals surface area contributed by atoms with Gasteiger partial charge in [0, 0.05) is 23.1 Å². The highest BCUT2D eigenvalue weighted by Crippen LogP contribution is 2.19. The molecule has 2 aromatic carbocycles. The summed E-state index contributed by atoms with van der Waals surface area (Å²) >= 11 is 11.8. The first-order valence-corrected chi connectivity index (χ1v) is 10.2. The molecular weight excluding hydrogens is 539 g/mol. The Hall–Kier alpha value is -2.33. The molecule has 2 aromatic rings. The van der Waals surface area contributed by atoms with E-state index >= 15 is 0 Å². The van der Waals surface area contributed by atoms with E-state index in [1.54, 1.807) is 45.0 Å². The maximum Gasteiger partial charge on any atom is 0.407 e. The number of aromatic carboxylic acids is 1. The molecule has 0 bridgehead atoms. The van der Waals surface area contributed by atoms with Crippen LogP contribution in [0.1, 0.15) is 52.6 Å². The predicted octanol–water partition coefficient (Wildman–Crippen LogP) is 5.23. The highest BCUT2D eigenvalue weighted by Gasteiger charge is 2.16. The number of carbonyl (C=O) groups is 3. The van der Waals surface area contributed by atoms with Crippen LogP contribution in [0.2, 0.25) is 10.0 Å². The number of hydrogen-bond acceptors (Lipinski definition) is 6. The summed E-state index contributed by atoms with van der Waals surface area (Å²) in [6.07, 6.45) is -0.550. The predicted molar refractivity (Wildman–Crippen MR) is 132 cm³/mol. The molecule has 0 aromatic heterocycles. The van der Waals surface area contributed by atoms with Crippen molar-refractivity contribution in [1.82, 2.24) is 5.32 Å². The van der Waals surface area contributed by atoms with Crippen LogP contribution in [-0.2, 0) is 22.6 Å². The molecule has 0 aliphatic rings. The first kappa shape index (κ1) is 30.7. The van der Waals surface area contributed by atoms with Crippen LogP contribution in [0.3, 0.4) is 0 Å². The van der Waals surface area contributed by atoms with Crippen molar-refractivity contribution in [3.8, 4) is 0 Å². The van der Waals surface area contributed by atoms with Crippen molar-refractivity contribution < 1.29 is 29.0 Å². The molecule has 8 nitrogen and oxygen atoms in total. The van der Waals surface area contributed by atoms with Gasteiger partial charge in [-0.25, -0.2) is 14.4 Å². The molecule has 2 rings (SSSR count). The van der Waals surface area contributed by atoms with E-state index in [1.807, 2.05) is 0 Å². The number of benzene rings is 2. The van der Waals surface area contributed by atoms with E-state index in [2.05, 4.69) is 10.1 Å². The first-order valence-electron chi connectivity index (χ1n) is 9.43. The second-order valence-corrected chi connectivity index (χ2v) is 8.28. The number of methoxy groups -OCH3 is 1. The zero-order chi connectivity index (χ0) is 24.5. The Morgan fingerprint density at radius 1 is 1.00 bits per heavy atom. The molecule has 182 valence electrons. The number of nitrogens with two attached hydrogens (primary N) is 1. The lowest BCUT2D eigenvalue weighted by Gasteiger charge is -2.19. The van der Waals surface area contributed by atoms with Crippen LogP contribution in [0.5, 0.6) is 0 Å². The average molecular weight is 566 g/mol. The van der Waals surface area contributed by atoms with Crippen LogP contribution in [0, 0.1) is 0 Å². The fraction of sp³-hybridized carbons (Fsp3) is 0.318. The van der Waals surface area contributed by atoms with Gasteiger partial charge in [0.2, 0.25) is 0 Å². The Kier molecular flexibility index (Phi) is 13.1. The lowest BCUT2D eigenvalue weighted by atomic mass is 10.1. The van der Waals surface area contributed by atoms with Crippen molar-refractivity contribution in [3.05, 3.63) is 68.7 Å². The quantitative estimate of drug-likeness (QED) is 0.423. The van der Waals surface area contributed by atoms with E-state index in [1.165, 1.54) is 19.2 Å². The largest absolute Gasteiger partial charge is 0.478 e. The van der Waals surface area contributed by atoms with Crippen LogP contribution in [0.4, 0.5) is 4.79 Å². The standard InChI is InChI=1S/C13H16ClNO4.C9H10ClNO2.BrH/c1-13(2,3)19-12(18)15-7-9-5-4-8(11(16)17)6-10(9)14;1-13-9(12)6-2-3-7(5-11)8(10)4-6;/h4-6H,7H2,1-3H3,(H,15,18)(H,16,17);2-4H,5,11H2,1H3;1H. The first-order chi connectivity index (χ1) is 14.9. The summed E-state index contributed by atoms with van der Waals surface area (Å²) in [5, 5.41) is 12.1. The smallest absolute Gasteiger partial charge is 0.407 e. The molecular formula is C22H27BrCl2N2O6. The molecule has 0 atom stereocenters. The number of carboxylic acids is 1. The number of ether oxygens (including phenoxy) is 2. The fourth-order valence-electron chi connectivity index (χ4n) is 2.26. The minimum atomic E-state index is -1.05. The molecule has 1 amide bonds. The monoisotopic (exact) mass is 564 g/mol. The lowest BCUT2D eigenvalue weighted by molar-refractivity contribution is 0.0521.